The summed E-state index contributed by atoms with van der Waals surface area (Å²) in [6.45, 7) is 0.196. The Hall–Kier alpha value is -2.89. The Bertz CT molecular complexity index is 697. The van der Waals surface area contributed by atoms with Crippen molar-refractivity contribution in [3.05, 3.63) is 54.7 Å². The van der Waals surface area contributed by atoms with Crippen LogP contribution in [0.1, 0.15) is 5.89 Å². The van der Waals surface area contributed by atoms with Crippen LogP contribution in [0.5, 0.6) is 5.75 Å². The number of nitrogen functional groups attached to an aromatic ring is 1. The van der Waals surface area contributed by atoms with Gasteiger partial charge in [0.2, 0.25) is 5.82 Å². The van der Waals surface area contributed by atoms with E-state index in [0.29, 0.717) is 23.2 Å². The Balaban J connectivity index is 1.69. The number of benzene rings is 1. The molecule has 100 valence electrons. The number of hydrogen-bond donors (Lipinski definition) is 1. The minimum atomic E-state index is 0.196. The van der Waals surface area contributed by atoms with Crippen molar-refractivity contribution >= 4 is 5.69 Å². The summed E-state index contributed by atoms with van der Waals surface area (Å²) in [5.74, 6) is 1.58. The normalized spacial score (nSPS) is 10.4. The first-order valence-electron chi connectivity index (χ1n) is 6.02. The van der Waals surface area contributed by atoms with Crippen molar-refractivity contribution in [3.8, 4) is 17.1 Å². The maximum atomic E-state index is 5.67. The first-order valence-corrected chi connectivity index (χ1v) is 6.02. The Kier molecular flexibility index (Phi) is 3.28. The van der Waals surface area contributed by atoms with E-state index < -0.39 is 0 Å². The third kappa shape index (κ3) is 2.74. The van der Waals surface area contributed by atoms with Gasteiger partial charge in [0.15, 0.2) is 6.61 Å². The van der Waals surface area contributed by atoms with Crippen molar-refractivity contribution in [1.29, 1.82) is 0 Å². The summed E-state index contributed by atoms with van der Waals surface area (Å²) in [6, 6.07) is 10.8. The highest BCUT2D eigenvalue weighted by Crippen LogP contribution is 2.17. The molecule has 0 atom stereocenters. The van der Waals surface area contributed by atoms with Crippen LogP contribution in [-0.4, -0.2) is 15.1 Å². The van der Waals surface area contributed by atoms with Crippen molar-refractivity contribution < 1.29 is 9.26 Å². The topological polar surface area (TPSA) is 87.1 Å². The van der Waals surface area contributed by atoms with Crippen molar-refractivity contribution in [2.24, 2.45) is 0 Å². The van der Waals surface area contributed by atoms with Crippen LogP contribution in [0.4, 0.5) is 5.69 Å². The minimum absolute atomic E-state index is 0.196. The van der Waals surface area contributed by atoms with Crippen LogP contribution in [0.3, 0.4) is 0 Å². The fourth-order valence-corrected chi connectivity index (χ4v) is 1.68. The summed E-state index contributed by atoms with van der Waals surface area (Å²) >= 11 is 0. The molecule has 0 amide bonds. The number of rotatable bonds is 4. The van der Waals surface area contributed by atoms with Gasteiger partial charge in [0.1, 0.15) is 5.75 Å². The molecular formula is C14H12N4O2. The number of hydrogen-bond acceptors (Lipinski definition) is 6. The predicted octanol–water partition coefficient (Wildman–Crippen LogP) is 2.29. The van der Waals surface area contributed by atoms with Crippen LogP contribution in [0.15, 0.2) is 53.3 Å². The molecule has 2 N–H and O–H groups in total. The number of nitrogens with zero attached hydrogens (tertiary/aromatic N) is 3. The Labute approximate surface area is 115 Å². The van der Waals surface area contributed by atoms with Gasteiger partial charge in [-0.05, 0) is 24.3 Å². The highest BCUT2D eigenvalue weighted by Gasteiger charge is 2.08. The van der Waals surface area contributed by atoms with E-state index in [1.54, 1.807) is 24.5 Å². The smallest absolute Gasteiger partial charge is 0.264 e. The summed E-state index contributed by atoms with van der Waals surface area (Å²) in [5, 5.41) is 3.90. The van der Waals surface area contributed by atoms with E-state index in [1.807, 2.05) is 24.3 Å². The zero-order valence-electron chi connectivity index (χ0n) is 10.6. The first-order chi connectivity index (χ1) is 9.81. The fraction of sp³-hybridized carbons (Fsp3) is 0.0714. The lowest BCUT2D eigenvalue weighted by Gasteiger charge is -2.03. The zero-order chi connectivity index (χ0) is 13.8. The maximum absolute atomic E-state index is 5.67. The SMILES string of the molecule is Nc1cccc(OCc2nc(-c3ccncc3)no2)c1. The number of aromatic nitrogens is 3. The van der Waals surface area contributed by atoms with Crippen LogP contribution in [0.2, 0.25) is 0 Å². The Morgan fingerprint density at radius 2 is 2.00 bits per heavy atom. The first kappa shape index (κ1) is 12.2. The molecule has 0 radical (unpaired) electrons. The number of nitrogens with two attached hydrogens (primary N) is 1. The van der Waals surface area contributed by atoms with Crippen LogP contribution >= 0.6 is 0 Å². The lowest BCUT2D eigenvalue weighted by atomic mass is 10.2. The number of ether oxygens (including phenoxy) is 1. The second-order valence-corrected chi connectivity index (χ2v) is 4.11. The molecule has 0 saturated heterocycles. The van der Waals surface area contributed by atoms with Crippen LogP contribution in [-0.2, 0) is 6.61 Å². The van der Waals surface area contributed by atoms with E-state index in [2.05, 4.69) is 15.1 Å². The summed E-state index contributed by atoms with van der Waals surface area (Å²) in [7, 11) is 0. The van der Waals surface area contributed by atoms with Gasteiger partial charge < -0.3 is 15.0 Å². The summed E-state index contributed by atoms with van der Waals surface area (Å²) in [6.07, 6.45) is 3.35. The van der Waals surface area contributed by atoms with Crippen molar-refractivity contribution in [2.45, 2.75) is 6.61 Å². The Morgan fingerprint density at radius 3 is 2.80 bits per heavy atom. The molecule has 0 spiro atoms. The summed E-state index contributed by atoms with van der Waals surface area (Å²) in [5.41, 5.74) is 7.16. The zero-order valence-corrected chi connectivity index (χ0v) is 10.6. The van der Waals surface area contributed by atoms with Gasteiger partial charge in [0.25, 0.3) is 5.89 Å². The van der Waals surface area contributed by atoms with Gasteiger partial charge in [-0.15, -0.1) is 0 Å². The molecule has 2 heterocycles. The lowest BCUT2D eigenvalue weighted by Crippen LogP contribution is -1.96. The average molecular weight is 268 g/mol. The van der Waals surface area contributed by atoms with Crippen molar-refractivity contribution in [1.82, 2.24) is 15.1 Å². The third-order valence-corrected chi connectivity index (χ3v) is 2.63. The molecule has 3 rings (SSSR count). The molecule has 0 unspecified atom stereocenters. The quantitative estimate of drug-likeness (QED) is 0.730. The molecule has 6 nitrogen and oxygen atoms in total. The van der Waals surface area contributed by atoms with Gasteiger partial charge >= 0.3 is 0 Å². The molecule has 0 aliphatic heterocycles. The Morgan fingerprint density at radius 1 is 1.15 bits per heavy atom. The average Bonchev–Trinajstić information content (AvgIpc) is 2.95. The van der Waals surface area contributed by atoms with Gasteiger partial charge in [-0.1, -0.05) is 11.2 Å². The summed E-state index contributed by atoms with van der Waals surface area (Å²) < 4.78 is 10.7. The molecule has 0 fully saturated rings. The van der Waals surface area contributed by atoms with Gasteiger partial charge in [-0.25, -0.2) is 0 Å². The van der Waals surface area contributed by atoms with E-state index in [9.17, 15) is 0 Å². The molecule has 6 heteroatoms. The minimum Gasteiger partial charge on any atom is -0.484 e. The van der Waals surface area contributed by atoms with Gasteiger partial charge in [-0.3, -0.25) is 4.98 Å². The lowest BCUT2D eigenvalue weighted by molar-refractivity contribution is 0.243. The van der Waals surface area contributed by atoms with Crippen LogP contribution < -0.4 is 10.5 Å². The highest BCUT2D eigenvalue weighted by atomic mass is 16.5. The van der Waals surface area contributed by atoms with Crippen molar-refractivity contribution in [2.75, 3.05) is 5.73 Å². The molecule has 0 aliphatic carbocycles. The fourth-order valence-electron chi connectivity index (χ4n) is 1.68. The molecule has 1 aromatic carbocycles. The van der Waals surface area contributed by atoms with E-state index in [1.165, 1.54) is 0 Å². The predicted molar refractivity (Wildman–Crippen MR) is 72.7 cm³/mol. The monoisotopic (exact) mass is 268 g/mol. The van der Waals surface area contributed by atoms with Crippen LogP contribution in [0.25, 0.3) is 11.4 Å². The largest absolute Gasteiger partial charge is 0.484 e. The molecule has 3 aromatic rings. The highest BCUT2D eigenvalue weighted by molar-refractivity contribution is 5.52. The third-order valence-electron chi connectivity index (χ3n) is 2.63. The van der Waals surface area contributed by atoms with E-state index in [-0.39, 0.29) is 6.61 Å². The van der Waals surface area contributed by atoms with Gasteiger partial charge in [0.05, 0.1) is 0 Å². The standard InChI is InChI=1S/C14H12N4O2/c15-11-2-1-3-12(8-11)19-9-13-17-14(18-20-13)10-4-6-16-7-5-10/h1-8H,9,15H2. The summed E-state index contributed by atoms with van der Waals surface area (Å²) in [4.78, 5) is 8.20. The molecule has 0 aliphatic rings. The van der Waals surface area contributed by atoms with Crippen molar-refractivity contribution in [3.63, 3.8) is 0 Å². The maximum Gasteiger partial charge on any atom is 0.264 e. The van der Waals surface area contributed by atoms with E-state index in [4.69, 9.17) is 15.0 Å². The second kappa shape index (κ2) is 5.40. The molecular weight excluding hydrogens is 256 g/mol. The number of pyridine rings is 1. The van der Waals surface area contributed by atoms with Gasteiger partial charge in [0, 0.05) is 29.7 Å². The molecule has 20 heavy (non-hydrogen) atoms. The van der Waals surface area contributed by atoms with Crippen LogP contribution in [0, 0.1) is 0 Å². The molecule has 0 saturated carbocycles. The second-order valence-electron chi connectivity index (χ2n) is 4.11. The number of anilines is 1. The van der Waals surface area contributed by atoms with E-state index >= 15 is 0 Å². The molecule has 0 bridgehead atoms. The van der Waals surface area contributed by atoms with Gasteiger partial charge in [-0.2, -0.15) is 4.98 Å². The molecule has 2 aromatic heterocycles. The van der Waals surface area contributed by atoms with E-state index in [0.717, 1.165) is 5.56 Å².